The van der Waals surface area contributed by atoms with Crippen molar-refractivity contribution in [3.05, 3.63) is 65.0 Å². The highest BCUT2D eigenvalue weighted by atomic mass is 19.1. The van der Waals surface area contributed by atoms with E-state index in [4.69, 9.17) is 0 Å². The molecule has 3 amide bonds. The van der Waals surface area contributed by atoms with Crippen LogP contribution in [0.15, 0.2) is 42.5 Å². The molecule has 3 rings (SSSR count). The molecule has 2 heterocycles. The summed E-state index contributed by atoms with van der Waals surface area (Å²) in [7, 11) is 1.51. The lowest BCUT2D eigenvalue weighted by Gasteiger charge is -2.35. The number of rotatable bonds is 9. The van der Waals surface area contributed by atoms with E-state index in [1.165, 1.54) is 18.0 Å². The van der Waals surface area contributed by atoms with Gasteiger partial charge in [0.2, 0.25) is 6.41 Å². The molecular weight excluding hydrogens is 423 g/mol. The van der Waals surface area contributed by atoms with E-state index >= 15 is 0 Å². The second-order valence-electron chi connectivity index (χ2n) is 8.57. The number of pyridine rings is 1. The average molecular weight is 455 g/mol. The number of piperidine rings is 1. The minimum absolute atomic E-state index is 0.102. The van der Waals surface area contributed by atoms with Crippen LogP contribution in [0.3, 0.4) is 0 Å². The fraction of sp³-hybridized carbons (Fsp3) is 0.440. The molecular formula is C25H31FN4O3. The van der Waals surface area contributed by atoms with Crippen molar-refractivity contribution in [1.82, 2.24) is 20.5 Å². The number of halogens is 1. The van der Waals surface area contributed by atoms with E-state index in [0.717, 1.165) is 5.56 Å². The number of carbonyl (C=O) groups is 3. The van der Waals surface area contributed by atoms with Gasteiger partial charge in [-0.25, -0.2) is 9.37 Å². The summed E-state index contributed by atoms with van der Waals surface area (Å²) in [6.45, 7) is 2.96. The molecule has 33 heavy (non-hydrogen) atoms. The van der Waals surface area contributed by atoms with Crippen LogP contribution < -0.4 is 10.6 Å². The average Bonchev–Trinajstić information content (AvgIpc) is 2.85. The molecule has 0 saturated carbocycles. The second kappa shape index (κ2) is 11.0. The minimum atomic E-state index is -1.41. The van der Waals surface area contributed by atoms with Gasteiger partial charge in [-0.15, -0.1) is 0 Å². The molecule has 1 aromatic carbocycles. The number of hydrogen-bond acceptors (Lipinski definition) is 4. The number of carbonyl (C=O) groups excluding carboxylic acids is 3. The molecule has 1 aromatic heterocycles. The van der Waals surface area contributed by atoms with Crippen molar-refractivity contribution in [3.8, 4) is 0 Å². The summed E-state index contributed by atoms with van der Waals surface area (Å²) in [5, 5.41) is 5.37. The van der Waals surface area contributed by atoms with Crippen LogP contribution in [0.2, 0.25) is 0 Å². The lowest BCUT2D eigenvalue weighted by Crippen LogP contribution is -2.44. The Morgan fingerprint density at radius 1 is 1.24 bits per heavy atom. The van der Waals surface area contributed by atoms with Crippen molar-refractivity contribution < 1.29 is 18.8 Å². The molecule has 1 fully saturated rings. The first-order chi connectivity index (χ1) is 15.8. The lowest BCUT2D eigenvalue weighted by molar-refractivity contribution is -0.122. The second-order valence-corrected chi connectivity index (χ2v) is 8.57. The van der Waals surface area contributed by atoms with Gasteiger partial charge in [-0.1, -0.05) is 37.3 Å². The zero-order chi connectivity index (χ0) is 23.8. The van der Waals surface area contributed by atoms with Gasteiger partial charge < -0.3 is 15.5 Å². The molecule has 7 nitrogen and oxygen atoms in total. The first-order valence-corrected chi connectivity index (χ1v) is 11.3. The summed E-state index contributed by atoms with van der Waals surface area (Å²) in [6, 6.07) is 12.9. The van der Waals surface area contributed by atoms with Crippen LogP contribution in [0.5, 0.6) is 0 Å². The van der Waals surface area contributed by atoms with Gasteiger partial charge in [-0.2, -0.15) is 0 Å². The van der Waals surface area contributed by atoms with Gasteiger partial charge in [0, 0.05) is 37.3 Å². The molecule has 0 spiro atoms. The maximum absolute atomic E-state index is 15.0. The first-order valence-electron chi connectivity index (χ1n) is 11.3. The van der Waals surface area contributed by atoms with Crippen molar-refractivity contribution in [2.24, 2.45) is 0 Å². The number of hydrogen-bond donors (Lipinski definition) is 2. The van der Waals surface area contributed by atoms with E-state index in [0.29, 0.717) is 50.0 Å². The van der Waals surface area contributed by atoms with Gasteiger partial charge >= 0.3 is 0 Å². The van der Waals surface area contributed by atoms with Crippen molar-refractivity contribution in [2.75, 3.05) is 26.7 Å². The van der Waals surface area contributed by atoms with Crippen molar-refractivity contribution in [1.29, 1.82) is 0 Å². The van der Waals surface area contributed by atoms with Gasteiger partial charge in [0.1, 0.15) is 11.4 Å². The summed E-state index contributed by atoms with van der Waals surface area (Å²) in [6.07, 6.45) is 2.48. The first kappa shape index (κ1) is 24.4. The Morgan fingerprint density at radius 2 is 2.00 bits per heavy atom. The van der Waals surface area contributed by atoms with Crippen LogP contribution in [0.1, 0.15) is 70.6 Å². The van der Waals surface area contributed by atoms with Gasteiger partial charge in [0.05, 0.1) is 6.54 Å². The number of aromatic nitrogens is 1. The maximum atomic E-state index is 15.0. The van der Waals surface area contributed by atoms with E-state index in [9.17, 15) is 18.8 Å². The monoisotopic (exact) mass is 454 g/mol. The number of nitrogens with one attached hydrogen (secondary N) is 2. The molecule has 0 bridgehead atoms. The number of alkyl halides is 1. The van der Waals surface area contributed by atoms with Crippen LogP contribution in [0, 0.1) is 0 Å². The molecule has 2 unspecified atom stereocenters. The summed E-state index contributed by atoms with van der Waals surface area (Å²) < 4.78 is 15.0. The summed E-state index contributed by atoms with van der Waals surface area (Å²) in [5.74, 6) is -0.821. The molecule has 2 aromatic rings. The zero-order valence-electron chi connectivity index (χ0n) is 19.1. The molecule has 0 radical (unpaired) electrons. The predicted molar refractivity (Wildman–Crippen MR) is 124 cm³/mol. The number of amides is 3. The van der Waals surface area contributed by atoms with Crippen LogP contribution >= 0.6 is 0 Å². The molecule has 1 saturated heterocycles. The largest absolute Gasteiger partial charge is 0.354 e. The van der Waals surface area contributed by atoms with Crippen LogP contribution in [0.25, 0.3) is 0 Å². The Bertz CT molecular complexity index is 985. The maximum Gasteiger partial charge on any atom is 0.269 e. The van der Waals surface area contributed by atoms with Crippen molar-refractivity contribution >= 4 is 18.2 Å². The van der Waals surface area contributed by atoms with E-state index in [1.54, 1.807) is 6.07 Å². The Balaban J connectivity index is 1.67. The standard InChI is InChI=1S/C25H31FN4O3/c1-18(19-8-4-3-5-9-19)21-14-20(15-22(29-21)24(33)27-2)23(32)28-12-6-10-25(26)11-7-13-30(16-25)17-31/h3-5,8-9,14-15,17-18H,6-7,10-13,16H2,1-2H3,(H,27,33)(H,28,32). The Labute approximate surface area is 193 Å². The Morgan fingerprint density at radius 3 is 2.70 bits per heavy atom. The summed E-state index contributed by atoms with van der Waals surface area (Å²) in [4.78, 5) is 42.0. The van der Waals surface area contributed by atoms with E-state index < -0.39 is 5.67 Å². The highest BCUT2D eigenvalue weighted by Gasteiger charge is 2.34. The summed E-state index contributed by atoms with van der Waals surface area (Å²) in [5.41, 5.74) is 0.732. The van der Waals surface area contributed by atoms with Crippen molar-refractivity contribution in [3.63, 3.8) is 0 Å². The Kier molecular flexibility index (Phi) is 8.14. The van der Waals surface area contributed by atoms with Gasteiger partial charge in [0.15, 0.2) is 0 Å². The Hall–Kier alpha value is -3.29. The summed E-state index contributed by atoms with van der Waals surface area (Å²) >= 11 is 0. The van der Waals surface area contributed by atoms with Gasteiger partial charge in [-0.3, -0.25) is 14.4 Å². The highest BCUT2D eigenvalue weighted by Crippen LogP contribution is 2.29. The molecule has 1 aliphatic rings. The predicted octanol–water partition coefficient (Wildman–Crippen LogP) is 3.06. The van der Waals surface area contributed by atoms with E-state index in [2.05, 4.69) is 15.6 Å². The molecule has 176 valence electrons. The van der Waals surface area contributed by atoms with E-state index in [1.807, 2.05) is 37.3 Å². The molecule has 0 aliphatic carbocycles. The molecule has 1 aliphatic heterocycles. The number of benzene rings is 1. The normalized spacial score (nSPS) is 18.9. The number of likely N-dealkylation sites (tertiary alicyclic amines) is 1. The number of nitrogens with zero attached hydrogens (tertiary/aromatic N) is 2. The molecule has 8 heteroatoms. The fourth-order valence-electron chi connectivity index (χ4n) is 4.19. The highest BCUT2D eigenvalue weighted by molar-refractivity contribution is 5.98. The minimum Gasteiger partial charge on any atom is -0.354 e. The lowest BCUT2D eigenvalue weighted by atomic mass is 9.90. The van der Waals surface area contributed by atoms with E-state index in [-0.39, 0.29) is 36.4 Å². The zero-order valence-corrected chi connectivity index (χ0v) is 19.1. The van der Waals surface area contributed by atoms with Gasteiger partial charge in [-0.05, 0) is 43.4 Å². The molecule has 2 N–H and O–H groups in total. The van der Waals surface area contributed by atoms with Crippen LogP contribution in [-0.2, 0) is 4.79 Å². The third-order valence-corrected chi connectivity index (χ3v) is 6.10. The smallest absolute Gasteiger partial charge is 0.269 e. The third-order valence-electron chi connectivity index (χ3n) is 6.10. The quantitative estimate of drug-likeness (QED) is 0.450. The van der Waals surface area contributed by atoms with Crippen LogP contribution in [0.4, 0.5) is 4.39 Å². The van der Waals surface area contributed by atoms with Crippen LogP contribution in [-0.4, -0.2) is 60.5 Å². The van der Waals surface area contributed by atoms with Crippen molar-refractivity contribution in [2.45, 2.75) is 44.2 Å². The SMILES string of the molecule is CNC(=O)c1cc(C(=O)NCCCC2(F)CCCN(C=O)C2)cc(C(C)c2ccccc2)n1. The topological polar surface area (TPSA) is 91.4 Å². The third kappa shape index (κ3) is 6.37. The van der Waals surface area contributed by atoms with Gasteiger partial charge in [0.25, 0.3) is 11.8 Å². The molecule has 2 atom stereocenters. The fourth-order valence-corrected chi connectivity index (χ4v) is 4.19.